The molecule has 3 rings (SSSR count). The van der Waals surface area contributed by atoms with Gasteiger partial charge in [-0.2, -0.15) is 0 Å². The van der Waals surface area contributed by atoms with Gasteiger partial charge in [-0.05, 0) is 48.0 Å². The molecule has 28 heavy (non-hydrogen) atoms. The fourth-order valence-corrected chi connectivity index (χ4v) is 3.82. The first-order chi connectivity index (χ1) is 13.4. The van der Waals surface area contributed by atoms with Gasteiger partial charge in [-0.25, -0.2) is 0 Å². The number of aryl methyl sites for hydroxylation is 1. The van der Waals surface area contributed by atoms with Crippen LogP contribution in [0.25, 0.3) is 11.0 Å². The number of hydrogen-bond acceptors (Lipinski definition) is 5. The van der Waals surface area contributed by atoms with E-state index in [9.17, 15) is 4.79 Å². The second-order valence-corrected chi connectivity index (χ2v) is 7.44. The van der Waals surface area contributed by atoms with Gasteiger partial charge in [0.05, 0.1) is 24.6 Å². The highest BCUT2D eigenvalue weighted by atomic mass is 79.9. The minimum Gasteiger partial charge on any atom is -0.497 e. The predicted octanol–water partition coefficient (Wildman–Crippen LogP) is 5.85. The van der Waals surface area contributed by atoms with Crippen LogP contribution in [-0.2, 0) is 22.6 Å². The number of methoxy groups -OCH3 is 1. The van der Waals surface area contributed by atoms with E-state index in [2.05, 4.69) is 15.9 Å². The number of hydrogen-bond donors (Lipinski definition) is 0. The molecule has 0 atom stereocenters. The molecule has 0 radical (unpaired) electrons. The third-order valence-corrected chi connectivity index (χ3v) is 5.11. The summed E-state index contributed by atoms with van der Waals surface area (Å²) in [6.07, 6.45) is 0.121. The van der Waals surface area contributed by atoms with Gasteiger partial charge in [-0.15, -0.1) is 0 Å². The minimum absolute atomic E-state index is 0.121. The molecular formula is C21H20BrClO5. The van der Waals surface area contributed by atoms with E-state index >= 15 is 0 Å². The minimum atomic E-state index is -0.307. The van der Waals surface area contributed by atoms with Crippen LogP contribution in [0.4, 0.5) is 0 Å². The summed E-state index contributed by atoms with van der Waals surface area (Å²) in [6.45, 7) is 4.25. The first-order valence-corrected chi connectivity index (χ1v) is 9.92. The highest BCUT2D eigenvalue weighted by Gasteiger charge is 2.17. The van der Waals surface area contributed by atoms with Gasteiger partial charge in [0.2, 0.25) is 0 Å². The van der Waals surface area contributed by atoms with Gasteiger partial charge in [0.1, 0.15) is 29.4 Å². The van der Waals surface area contributed by atoms with Crippen molar-refractivity contribution in [1.29, 1.82) is 0 Å². The number of ether oxygens (including phenoxy) is 3. The van der Waals surface area contributed by atoms with Crippen LogP contribution in [0.2, 0.25) is 5.02 Å². The normalized spacial score (nSPS) is 10.9. The van der Waals surface area contributed by atoms with Gasteiger partial charge < -0.3 is 18.6 Å². The summed E-state index contributed by atoms with van der Waals surface area (Å²) >= 11 is 9.67. The lowest BCUT2D eigenvalue weighted by Gasteiger charge is -2.13. The molecular weight excluding hydrogens is 448 g/mol. The van der Waals surface area contributed by atoms with E-state index in [1.807, 2.05) is 13.0 Å². The van der Waals surface area contributed by atoms with Crippen molar-refractivity contribution in [2.24, 2.45) is 0 Å². The van der Waals surface area contributed by atoms with Crippen molar-refractivity contribution in [2.75, 3.05) is 13.7 Å². The summed E-state index contributed by atoms with van der Waals surface area (Å²) in [5, 5.41) is 1.48. The summed E-state index contributed by atoms with van der Waals surface area (Å²) in [4.78, 5) is 11.9. The third kappa shape index (κ3) is 4.45. The second kappa shape index (κ2) is 8.88. The van der Waals surface area contributed by atoms with E-state index in [0.717, 1.165) is 32.3 Å². The van der Waals surface area contributed by atoms with Crippen LogP contribution in [0.3, 0.4) is 0 Å². The maximum absolute atomic E-state index is 11.9. The van der Waals surface area contributed by atoms with Crippen LogP contribution in [0.1, 0.15) is 23.8 Å². The molecule has 0 unspecified atom stereocenters. The first-order valence-electron chi connectivity index (χ1n) is 8.75. The Morgan fingerprint density at radius 1 is 1.25 bits per heavy atom. The van der Waals surface area contributed by atoms with E-state index < -0.39 is 0 Å². The van der Waals surface area contributed by atoms with E-state index in [4.69, 9.17) is 30.2 Å². The van der Waals surface area contributed by atoms with Crippen LogP contribution in [0.15, 0.2) is 39.2 Å². The molecule has 0 saturated carbocycles. The number of rotatable bonds is 7. The number of fused-ring (bicyclic) bond motifs is 1. The molecule has 0 saturated heterocycles. The molecule has 0 amide bonds. The van der Waals surface area contributed by atoms with Crippen LogP contribution in [-0.4, -0.2) is 19.7 Å². The van der Waals surface area contributed by atoms with Crippen molar-refractivity contribution in [3.05, 3.63) is 56.7 Å². The highest BCUT2D eigenvalue weighted by molar-refractivity contribution is 9.10. The molecule has 0 N–H and O–H groups in total. The smallest absolute Gasteiger partial charge is 0.310 e. The summed E-state index contributed by atoms with van der Waals surface area (Å²) in [5.74, 6) is 1.63. The highest BCUT2D eigenvalue weighted by Crippen LogP contribution is 2.35. The molecule has 5 nitrogen and oxygen atoms in total. The van der Waals surface area contributed by atoms with Crippen molar-refractivity contribution in [1.82, 2.24) is 0 Å². The lowest BCUT2D eigenvalue weighted by molar-refractivity contribution is -0.142. The van der Waals surface area contributed by atoms with Crippen LogP contribution in [0.5, 0.6) is 11.5 Å². The van der Waals surface area contributed by atoms with E-state index in [1.54, 1.807) is 38.3 Å². The standard InChI is InChI=1S/C21H20BrClO5/c1-4-26-20(24)7-13-5-6-15(25-3)10-19(13)27-11-17-12(2)28-21-16(17)8-14(23)9-18(21)22/h5-6,8-10H,4,7,11H2,1-3H3. The lowest BCUT2D eigenvalue weighted by atomic mass is 10.1. The molecule has 0 bridgehead atoms. The zero-order chi connectivity index (χ0) is 20.3. The van der Waals surface area contributed by atoms with Crippen molar-refractivity contribution in [3.8, 4) is 11.5 Å². The molecule has 7 heteroatoms. The molecule has 0 aliphatic rings. The number of esters is 1. The Balaban J connectivity index is 1.91. The van der Waals surface area contributed by atoms with E-state index in [-0.39, 0.29) is 19.0 Å². The molecule has 0 aliphatic carbocycles. The lowest BCUT2D eigenvalue weighted by Crippen LogP contribution is -2.09. The maximum atomic E-state index is 11.9. The van der Waals surface area contributed by atoms with Crippen molar-refractivity contribution in [3.63, 3.8) is 0 Å². The Morgan fingerprint density at radius 3 is 2.75 bits per heavy atom. The van der Waals surface area contributed by atoms with Crippen LogP contribution < -0.4 is 9.47 Å². The molecule has 2 aromatic carbocycles. The fraction of sp³-hybridized carbons (Fsp3) is 0.286. The SMILES string of the molecule is CCOC(=O)Cc1ccc(OC)cc1OCc1c(C)oc2c(Br)cc(Cl)cc12. The summed E-state index contributed by atoms with van der Waals surface area (Å²) in [6, 6.07) is 8.99. The predicted molar refractivity (Wildman–Crippen MR) is 111 cm³/mol. The van der Waals surface area contributed by atoms with Crippen molar-refractivity contribution in [2.45, 2.75) is 26.9 Å². The monoisotopic (exact) mass is 466 g/mol. The Morgan fingerprint density at radius 2 is 2.04 bits per heavy atom. The van der Waals surface area contributed by atoms with Crippen molar-refractivity contribution < 1.29 is 23.4 Å². The molecule has 0 aliphatic heterocycles. The molecule has 148 valence electrons. The van der Waals surface area contributed by atoms with E-state index in [1.165, 1.54) is 0 Å². The molecule has 1 heterocycles. The fourth-order valence-electron chi connectivity index (χ4n) is 2.93. The van der Waals surface area contributed by atoms with Gasteiger partial charge in [0.25, 0.3) is 0 Å². The van der Waals surface area contributed by atoms with Gasteiger partial charge in [0.15, 0.2) is 0 Å². The quantitative estimate of drug-likeness (QED) is 0.408. The van der Waals surface area contributed by atoms with Crippen molar-refractivity contribution >= 4 is 44.5 Å². The molecule has 3 aromatic rings. The van der Waals surface area contributed by atoms with Gasteiger partial charge in [-0.1, -0.05) is 17.7 Å². The maximum Gasteiger partial charge on any atom is 0.310 e. The largest absolute Gasteiger partial charge is 0.497 e. The van der Waals surface area contributed by atoms with Gasteiger partial charge >= 0.3 is 5.97 Å². The second-order valence-electron chi connectivity index (χ2n) is 6.15. The van der Waals surface area contributed by atoms with Gasteiger partial charge in [0, 0.05) is 27.6 Å². The van der Waals surface area contributed by atoms with Crippen LogP contribution >= 0.6 is 27.5 Å². The summed E-state index contributed by atoms with van der Waals surface area (Å²) in [7, 11) is 1.58. The topological polar surface area (TPSA) is 57.9 Å². The Bertz CT molecular complexity index is 1010. The Kier molecular flexibility index (Phi) is 6.52. The number of benzene rings is 2. The summed E-state index contributed by atoms with van der Waals surface area (Å²) < 4.78 is 23.0. The van der Waals surface area contributed by atoms with E-state index in [0.29, 0.717) is 23.1 Å². The average molecular weight is 468 g/mol. The number of carbonyl (C=O) groups excluding carboxylic acids is 1. The number of furan rings is 1. The average Bonchev–Trinajstić information content (AvgIpc) is 2.97. The number of halogens is 2. The first kappa shape index (κ1) is 20.6. The Labute approximate surface area is 176 Å². The molecule has 0 spiro atoms. The third-order valence-electron chi connectivity index (χ3n) is 4.30. The zero-order valence-electron chi connectivity index (χ0n) is 15.8. The molecule has 0 fully saturated rings. The summed E-state index contributed by atoms with van der Waals surface area (Å²) in [5.41, 5.74) is 2.34. The zero-order valence-corrected chi connectivity index (χ0v) is 18.1. The molecule has 1 aromatic heterocycles. The number of carbonyl (C=O) groups is 1. The van der Waals surface area contributed by atoms with Crippen LogP contribution in [0, 0.1) is 6.92 Å². The Hall–Kier alpha value is -2.18. The van der Waals surface area contributed by atoms with Gasteiger partial charge in [-0.3, -0.25) is 4.79 Å².